The number of carbonyl (C=O) groups is 1. The highest BCUT2D eigenvalue weighted by Gasteiger charge is 2.34. The van der Waals surface area contributed by atoms with Gasteiger partial charge in [-0.1, -0.05) is 41.6 Å². The van der Waals surface area contributed by atoms with Crippen molar-refractivity contribution in [2.24, 2.45) is 0 Å². The Balaban J connectivity index is 1.15. The van der Waals surface area contributed by atoms with Crippen LogP contribution in [0.1, 0.15) is 38.7 Å². The van der Waals surface area contributed by atoms with E-state index >= 15 is 0 Å². The van der Waals surface area contributed by atoms with Gasteiger partial charge in [0.15, 0.2) is 0 Å². The zero-order valence-corrected chi connectivity index (χ0v) is 21.3. The highest BCUT2D eigenvalue weighted by atomic mass is 16.5. The summed E-state index contributed by atoms with van der Waals surface area (Å²) < 4.78 is 7.67. The summed E-state index contributed by atoms with van der Waals surface area (Å²) in [5.74, 6) is 0.858. The van der Waals surface area contributed by atoms with Crippen LogP contribution in [0.3, 0.4) is 0 Å². The molecule has 2 bridgehead atoms. The van der Waals surface area contributed by atoms with Crippen molar-refractivity contribution in [3.63, 3.8) is 0 Å². The molecule has 190 valence electrons. The minimum atomic E-state index is -0.454. The smallest absolute Gasteiger partial charge is 0.318 e. The molecule has 3 aromatic rings. The lowest BCUT2D eigenvalue weighted by Crippen LogP contribution is -2.52. The fraction of sp³-hybridized carbons (Fsp3) is 0.464. The van der Waals surface area contributed by atoms with Crippen LogP contribution in [-0.2, 0) is 12.1 Å². The first-order valence-electron chi connectivity index (χ1n) is 13.0. The van der Waals surface area contributed by atoms with Crippen LogP contribution in [0.15, 0.2) is 60.9 Å². The summed E-state index contributed by atoms with van der Waals surface area (Å²) in [7, 11) is 0. The zero-order valence-electron chi connectivity index (χ0n) is 21.3. The molecule has 0 aliphatic carbocycles. The normalized spacial score (nSPS) is 19.7. The first kappa shape index (κ1) is 24.3. The Kier molecular flexibility index (Phi) is 7.23. The van der Waals surface area contributed by atoms with Crippen molar-refractivity contribution >= 4 is 6.03 Å². The van der Waals surface area contributed by atoms with Crippen LogP contribution in [0.4, 0.5) is 4.79 Å². The molecule has 0 unspecified atom stereocenters. The number of rotatable bonds is 8. The predicted octanol–water partition coefficient (Wildman–Crippen LogP) is 4.14. The SMILES string of the molecule is CC(C)(NC(=O)N1CCN2CCC1CC2)c1ccc(-c2ccc(OCCCn3ccnn3)cc2)cc1. The third kappa shape index (κ3) is 5.70. The fourth-order valence-electron chi connectivity index (χ4n) is 5.16. The second-order valence-electron chi connectivity index (χ2n) is 10.3. The number of aromatic nitrogens is 3. The van der Waals surface area contributed by atoms with E-state index in [4.69, 9.17) is 4.74 Å². The van der Waals surface area contributed by atoms with E-state index in [2.05, 4.69) is 75.7 Å². The lowest BCUT2D eigenvalue weighted by atomic mass is 9.92. The molecule has 0 atom stereocenters. The fourth-order valence-corrected chi connectivity index (χ4v) is 5.16. The summed E-state index contributed by atoms with van der Waals surface area (Å²) in [6.45, 7) is 9.58. The molecule has 0 spiro atoms. The predicted molar refractivity (Wildman–Crippen MR) is 140 cm³/mol. The summed E-state index contributed by atoms with van der Waals surface area (Å²) >= 11 is 0. The summed E-state index contributed by atoms with van der Waals surface area (Å²) in [5.41, 5.74) is 2.91. The number of aryl methyl sites for hydroxylation is 1. The number of nitrogens with one attached hydrogen (secondary N) is 1. The van der Waals surface area contributed by atoms with Crippen LogP contribution in [0, 0.1) is 0 Å². The average Bonchev–Trinajstić information content (AvgIpc) is 3.23. The van der Waals surface area contributed by atoms with Gasteiger partial charge in [-0.05, 0) is 55.5 Å². The van der Waals surface area contributed by atoms with Gasteiger partial charge in [-0.25, -0.2) is 4.79 Å². The Morgan fingerprint density at radius 3 is 2.36 bits per heavy atom. The molecule has 4 heterocycles. The second kappa shape index (κ2) is 10.7. The first-order valence-corrected chi connectivity index (χ1v) is 13.0. The number of amides is 2. The molecule has 2 amide bonds. The zero-order chi connectivity index (χ0) is 25.0. The summed E-state index contributed by atoms with van der Waals surface area (Å²) in [5, 5.41) is 11.1. The minimum Gasteiger partial charge on any atom is -0.494 e. The van der Waals surface area contributed by atoms with E-state index in [0.29, 0.717) is 12.6 Å². The van der Waals surface area contributed by atoms with Crippen LogP contribution >= 0.6 is 0 Å². The highest BCUT2D eigenvalue weighted by molar-refractivity contribution is 5.76. The highest BCUT2D eigenvalue weighted by Crippen LogP contribution is 2.28. The van der Waals surface area contributed by atoms with Gasteiger partial charge in [-0.15, -0.1) is 5.10 Å². The van der Waals surface area contributed by atoms with E-state index in [0.717, 1.165) is 74.4 Å². The molecule has 3 aliphatic heterocycles. The maximum absolute atomic E-state index is 13.2. The molecular formula is C28H36N6O2. The quantitative estimate of drug-likeness (QED) is 0.483. The van der Waals surface area contributed by atoms with Gasteiger partial charge in [0.2, 0.25) is 0 Å². The van der Waals surface area contributed by atoms with Crippen LogP contribution in [0.25, 0.3) is 11.1 Å². The van der Waals surface area contributed by atoms with Crippen LogP contribution in [0.2, 0.25) is 0 Å². The molecule has 3 saturated heterocycles. The van der Waals surface area contributed by atoms with Gasteiger partial charge >= 0.3 is 6.03 Å². The van der Waals surface area contributed by atoms with Gasteiger partial charge in [0, 0.05) is 51.4 Å². The number of hydrogen-bond acceptors (Lipinski definition) is 5. The van der Waals surface area contributed by atoms with Gasteiger partial charge in [0.1, 0.15) is 5.75 Å². The van der Waals surface area contributed by atoms with E-state index in [9.17, 15) is 4.79 Å². The molecule has 36 heavy (non-hydrogen) atoms. The number of piperidine rings is 1. The van der Waals surface area contributed by atoms with Crippen molar-refractivity contribution in [1.82, 2.24) is 30.1 Å². The molecule has 3 fully saturated rings. The van der Waals surface area contributed by atoms with Gasteiger partial charge in [-0.3, -0.25) is 4.68 Å². The van der Waals surface area contributed by atoms with E-state index < -0.39 is 5.54 Å². The number of fused-ring (bicyclic) bond motifs is 4. The number of hydrogen-bond donors (Lipinski definition) is 1. The van der Waals surface area contributed by atoms with E-state index in [1.807, 2.05) is 18.3 Å². The Bertz CT molecular complexity index is 1120. The van der Waals surface area contributed by atoms with Gasteiger partial charge in [0.25, 0.3) is 0 Å². The Hall–Kier alpha value is -3.39. The Morgan fingerprint density at radius 1 is 1.00 bits per heavy atom. The van der Waals surface area contributed by atoms with Crippen LogP contribution in [-0.4, -0.2) is 69.7 Å². The molecule has 2 aromatic carbocycles. The van der Waals surface area contributed by atoms with Crippen molar-refractivity contribution in [3.8, 4) is 16.9 Å². The molecule has 1 aromatic heterocycles. The minimum absolute atomic E-state index is 0.0507. The first-order chi connectivity index (χ1) is 17.5. The molecule has 6 rings (SSSR count). The largest absolute Gasteiger partial charge is 0.494 e. The third-order valence-electron chi connectivity index (χ3n) is 7.40. The monoisotopic (exact) mass is 488 g/mol. The van der Waals surface area contributed by atoms with Gasteiger partial charge < -0.3 is 19.9 Å². The average molecular weight is 489 g/mol. The van der Waals surface area contributed by atoms with Crippen molar-refractivity contribution in [2.45, 2.75) is 51.2 Å². The van der Waals surface area contributed by atoms with Crippen molar-refractivity contribution in [3.05, 3.63) is 66.5 Å². The number of nitrogens with zero attached hydrogens (tertiary/aromatic N) is 5. The van der Waals surface area contributed by atoms with Crippen molar-refractivity contribution in [1.29, 1.82) is 0 Å². The number of urea groups is 1. The molecule has 8 nitrogen and oxygen atoms in total. The second-order valence-corrected chi connectivity index (χ2v) is 10.3. The van der Waals surface area contributed by atoms with E-state index in [1.54, 1.807) is 10.9 Å². The topological polar surface area (TPSA) is 75.5 Å². The Labute approximate surface area is 213 Å². The molecule has 0 radical (unpaired) electrons. The van der Waals surface area contributed by atoms with E-state index in [1.165, 1.54) is 0 Å². The standard InChI is InChI=1S/C28H36N6O2/c1-28(2,30-27(35)34-20-19-32-16-12-25(34)13-17-32)24-8-4-22(5-9-24)23-6-10-26(11-7-23)36-21-3-15-33-18-14-29-31-33/h4-11,14,18,25H,3,12-13,15-17,19-21H2,1-2H3,(H,30,35). The van der Waals surface area contributed by atoms with Crippen LogP contribution in [0.5, 0.6) is 5.75 Å². The van der Waals surface area contributed by atoms with Crippen molar-refractivity contribution < 1.29 is 9.53 Å². The van der Waals surface area contributed by atoms with Crippen molar-refractivity contribution in [2.75, 3.05) is 32.8 Å². The van der Waals surface area contributed by atoms with E-state index in [-0.39, 0.29) is 6.03 Å². The number of benzene rings is 2. The summed E-state index contributed by atoms with van der Waals surface area (Å²) in [6.07, 6.45) is 6.56. The lowest BCUT2D eigenvalue weighted by Gasteiger charge is -2.35. The lowest BCUT2D eigenvalue weighted by molar-refractivity contribution is 0.161. The maximum atomic E-state index is 13.2. The summed E-state index contributed by atoms with van der Waals surface area (Å²) in [4.78, 5) is 17.7. The molecule has 8 heteroatoms. The maximum Gasteiger partial charge on any atom is 0.318 e. The Morgan fingerprint density at radius 2 is 1.69 bits per heavy atom. The molecular weight excluding hydrogens is 452 g/mol. The van der Waals surface area contributed by atoms with Crippen LogP contribution < -0.4 is 10.1 Å². The number of carbonyl (C=O) groups excluding carboxylic acids is 1. The molecule has 3 aliphatic rings. The summed E-state index contributed by atoms with van der Waals surface area (Å²) in [6, 6.07) is 17.1. The molecule has 0 saturated carbocycles. The number of ether oxygens (including phenoxy) is 1. The van der Waals surface area contributed by atoms with Gasteiger partial charge in [-0.2, -0.15) is 0 Å². The van der Waals surface area contributed by atoms with Gasteiger partial charge in [0.05, 0.1) is 18.3 Å². The third-order valence-corrected chi connectivity index (χ3v) is 7.40. The molecule has 1 N–H and O–H groups in total.